The van der Waals surface area contributed by atoms with Gasteiger partial charge in [0.15, 0.2) is 11.7 Å². The Morgan fingerprint density at radius 2 is 1.60 bits per heavy atom. The average molecular weight is 596 g/mol. The normalized spacial score (nSPS) is 25.5. The molecule has 0 aliphatic carbocycles. The van der Waals surface area contributed by atoms with Crippen LogP contribution in [0.5, 0.6) is 0 Å². The third-order valence-corrected chi connectivity index (χ3v) is 7.70. The van der Waals surface area contributed by atoms with Gasteiger partial charge >= 0.3 is 118 Å². The molecule has 3 heterocycles. The molecule has 3 rings (SSSR count). The van der Waals surface area contributed by atoms with Crippen LogP contribution in [0, 0.1) is 0 Å². The van der Waals surface area contributed by atoms with Crippen LogP contribution in [0.25, 0.3) is 11.2 Å². The zero-order chi connectivity index (χ0) is 24.1. The number of ether oxygens (including phenoxy) is 1. The number of aromatic amines is 2. The van der Waals surface area contributed by atoms with Crippen LogP contribution in [-0.2, 0) is 31.6 Å². The maximum atomic E-state index is 11.8. The maximum Gasteiger partial charge on any atom is 1.00 e. The number of imidazole rings is 1. The molecule has 1 aliphatic heterocycles. The summed E-state index contributed by atoms with van der Waals surface area (Å²) in [5.74, 6) is 0. The van der Waals surface area contributed by atoms with Gasteiger partial charge in [0.2, 0.25) is 0 Å². The maximum absolute atomic E-state index is 11.8. The van der Waals surface area contributed by atoms with E-state index in [1.165, 1.54) is 0 Å². The number of aliphatic hydroxyl groups excluding tert-OH is 2. The molecule has 0 amide bonds. The number of phosphoric acid groups is 3. The average Bonchev–Trinajstić information content (AvgIpc) is 3.12. The van der Waals surface area contributed by atoms with Crippen LogP contribution in [0.4, 0.5) is 0 Å². The minimum absolute atomic E-state index is 0. The molecule has 0 radical (unpaired) electrons. The summed E-state index contributed by atoms with van der Waals surface area (Å²) in [7, 11) is -16.8. The van der Waals surface area contributed by atoms with E-state index in [1.54, 1.807) is 0 Å². The first-order valence-corrected chi connectivity index (χ1v) is 12.6. The molecule has 0 saturated carbocycles. The number of hydrogen-bond donors (Lipinski definition) is 8. The molecule has 8 N–H and O–H groups in total. The minimum atomic E-state index is -5.75. The van der Waals surface area contributed by atoms with E-state index in [0.29, 0.717) is 0 Å². The minimum Gasteiger partial charge on any atom is -1.00 e. The van der Waals surface area contributed by atoms with Gasteiger partial charge in [0.05, 0.1) is 12.9 Å². The Morgan fingerprint density at radius 3 is 2.17 bits per heavy atom. The summed E-state index contributed by atoms with van der Waals surface area (Å²) in [4.78, 5) is 66.7. The molecule has 0 bridgehead atoms. The zero-order valence-electron chi connectivity index (χ0n) is 21.2. The fourth-order valence-electron chi connectivity index (χ4n) is 2.71. The molecule has 35 heavy (non-hydrogen) atoms. The van der Waals surface area contributed by atoms with Crippen molar-refractivity contribution in [3.63, 3.8) is 0 Å². The Kier molecular flexibility index (Phi) is 14.2. The van der Waals surface area contributed by atoms with Crippen LogP contribution in [-0.4, -0.2) is 74.2 Å². The summed E-state index contributed by atoms with van der Waals surface area (Å²) >= 11 is 0. The van der Waals surface area contributed by atoms with Gasteiger partial charge in [0.1, 0.15) is 24.0 Å². The van der Waals surface area contributed by atoms with Crippen LogP contribution in [0.2, 0.25) is 0 Å². The Hall–Kier alpha value is 1.44. The van der Waals surface area contributed by atoms with E-state index in [1.807, 2.05) is 4.98 Å². The fourth-order valence-corrected chi connectivity index (χ4v) is 5.74. The third-order valence-electron chi connectivity index (χ3n) is 3.90. The van der Waals surface area contributed by atoms with Gasteiger partial charge in [-0.3, -0.25) is 23.9 Å². The molecule has 0 spiro atoms. The van der Waals surface area contributed by atoms with Crippen molar-refractivity contribution in [2.75, 3.05) is 6.61 Å². The van der Waals surface area contributed by atoms with E-state index >= 15 is 0 Å². The predicted octanol–water partition coefficient (Wildman–Crippen LogP) is -11.3. The van der Waals surface area contributed by atoms with Gasteiger partial charge in [-0.15, -0.1) is 0 Å². The Balaban J connectivity index is -0.000000963. The molecule has 19 nitrogen and oxygen atoms in total. The van der Waals surface area contributed by atoms with Crippen molar-refractivity contribution < 1.29 is 154 Å². The predicted molar refractivity (Wildman–Crippen MR) is 100 cm³/mol. The van der Waals surface area contributed by atoms with Crippen molar-refractivity contribution in [1.82, 2.24) is 19.5 Å². The molecule has 1 fully saturated rings. The van der Waals surface area contributed by atoms with Crippen molar-refractivity contribution in [3.05, 3.63) is 27.2 Å². The van der Waals surface area contributed by atoms with Gasteiger partial charge < -0.3 is 38.8 Å². The smallest absolute Gasteiger partial charge is 1.00 e. The molecular weight excluding hydrogens is 578 g/mol. The van der Waals surface area contributed by atoms with Crippen molar-refractivity contribution in [2.45, 2.75) is 24.5 Å². The molecule has 0 aromatic carbocycles. The summed E-state index contributed by atoms with van der Waals surface area (Å²) in [6, 6.07) is 0. The van der Waals surface area contributed by atoms with Crippen LogP contribution in [0.3, 0.4) is 0 Å². The molecule has 1 aliphatic rings. The molecule has 186 valence electrons. The number of rotatable bonds is 8. The van der Waals surface area contributed by atoms with E-state index in [4.69, 9.17) is 19.4 Å². The second kappa shape index (κ2) is 13.7. The molecule has 2 aromatic heterocycles. The van der Waals surface area contributed by atoms with E-state index in [9.17, 15) is 38.4 Å². The first-order valence-electron chi connectivity index (χ1n) is 8.08. The first-order chi connectivity index (χ1) is 14.6. The number of phosphoric ester groups is 1. The summed E-state index contributed by atoms with van der Waals surface area (Å²) in [5.41, 5.74) is -2.16. The molecule has 6 atom stereocenters. The van der Waals surface area contributed by atoms with Gasteiger partial charge in [0, 0.05) is 0 Å². The van der Waals surface area contributed by atoms with Crippen LogP contribution < -0.4 is 99.9 Å². The van der Waals surface area contributed by atoms with Gasteiger partial charge in [-0.1, -0.05) is 0 Å². The fraction of sp³-hybridized carbons (Fsp3) is 0.500. The summed E-state index contributed by atoms with van der Waals surface area (Å²) < 4.78 is 51.4. The summed E-state index contributed by atoms with van der Waals surface area (Å²) in [6.45, 7) is -1.04. The first kappa shape index (κ1) is 36.4. The molecule has 1 saturated heterocycles. The largest absolute Gasteiger partial charge is 1.00 e. The summed E-state index contributed by atoms with van der Waals surface area (Å²) in [6.07, 6.45) is -5.54. The Bertz CT molecular complexity index is 1290. The van der Waals surface area contributed by atoms with E-state index in [2.05, 4.69) is 23.1 Å². The van der Waals surface area contributed by atoms with E-state index < -0.39 is 65.9 Å². The number of nitrogens with zero attached hydrogens (tertiary/aromatic N) is 2. The van der Waals surface area contributed by atoms with Crippen molar-refractivity contribution in [1.29, 1.82) is 0 Å². The van der Waals surface area contributed by atoms with Crippen molar-refractivity contribution >= 4 is 34.6 Å². The Morgan fingerprint density at radius 1 is 1.00 bits per heavy atom. The zero-order valence-corrected chi connectivity index (χ0v) is 26.9. The van der Waals surface area contributed by atoms with Crippen LogP contribution in [0.15, 0.2) is 15.9 Å². The Labute approximate surface area is 264 Å². The van der Waals surface area contributed by atoms with Gasteiger partial charge in [0.25, 0.3) is 5.56 Å². The summed E-state index contributed by atoms with van der Waals surface area (Å²) in [5, 5.41) is 20.3. The van der Waals surface area contributed by atoms with Gasteiger partial charge in [-0.2, -0.15) is 8.62 Å². The molecule has 25 heteroatoms. The number of aliphatic hydroxyl groups is 2. The van der Waals surface area contributed by atoms with Crippen molar-refractivity contribution in [2.24, 2.45) is 0 Å². The SMILES string of the molecule is O=c1[nH]c(=O)c2ncn([C@@H]3O[C@H](COP(=O)(O)OP(=O)(O)OP(=O)(O)O)[C@@H](O)[C@H]3O)c2[nH]1.[H-].[H-].[H-].[Na+].[Na+].[Na+]. The quantitative estimate of drug-likeness (QED) is 0.104. The second-order valence-corrected chi connectivity index (χ2v) is 10.6. The number of aromatic nitrogens is 4. The topological polar surface area (TPSA) is 293 Å². The number of H-pyrrole nitrogens is 2. The number of hydrogen-bond acceptors (Lipinski definition) is 12. The molecule has 2 aromatic rings. The number of fused-ring (bicyclic) bond motifs is 1. The van der Waals surface area contributed by atoms with Gasteiger partial charge in [-0.25, -0.2) is 23.5 Å². The van der Waals surface area contributed by atoms with E-state index in [-0.39, 0.29) is 104 Å². The van der Waals surface area contributed by atoms with Gasteiger partial charge in [-0.05, 0) is 0 Å². The standard InChI is InChI=1S/C10H15N4O15P3.3Na.3H/c15-5-3(1-26-31(22,23)29-32(24,25)28-30(19,20)21)27-9(6(5)16)14-2-11-4-7(14)12-10(18)13-8(4)17;;;;;;/h2-3,5-6,9,15-16H,1H2,(H,22,23)(H,24,25)(H2,19,20,21)(H2,12,13,17,18);;;;;;/q;3*+1;3*-1/t3-,5-,6-,9-;;;;;;/m1....../s1. The molecule has 2 unspecified atom stereocenters. The van der Waals surface area contributed by atoms with E-state index in [0.717, 1.165) is 10.9 Å². The van der Waals surface area contributed by atoms with Crippen LogP contribution in [0.1, 0.15) is 10.5 Å². The van der Waals surface area contributed by atoms with Crippen molar-refractivity contribution in [3.8, 4) is 0 Å². The second-order valence-electron chi connectivity index (χ2n) is 6.19. The number of nitrogens with one attached hydrogen (secondary N) is 2. The van der Waals surface area contributed by atoms with Crippen LogP contribution >= 0.6 is 23.5 Å². The monoisotopic (exact) mass is 596 g/mol. The molecular formula is C10H18N4Na3O15P3. The third kappa shape index (κ3) is 9.54.